The second-order valence-electron chi connectivity index (χ2n) is 8.65. The lowest BCUT2D eigenvalue weighted by Gasteiger charge is -2.25. The van der Waals surface area contributed by atoms with Gasteiger partial charge in [-0.25, -0.2) is 9.79 Å². The minimum atomic E-state index is -0.643. The Morgan fingerprint density at radius 1 is 1.19 bits per heavy atom. The first-order chi connectivity index (χ1) is 17.8. The molecule has 1 aromatic heterocycles. The number of thiazole rings is 1. The zero-order valence-electron chi connectivity index (χ0n) is 21.7. The standard InChI is InChI=1S/C28H30N2O5S2/c1-7-34-22-14-18(8-13-21(22)33-5)15-23-26(31)30-25(19-9-11-20(36-6)12-10-19)24(27(32)35-16(2)3)17(4)29-28(30)37-23/h8-16,25H,7H2,1-6H3/b23-15-/t25-/m0/s1. The maximum absolute atomic E-state index is 13.8. The van der Waals surface area contributed by atoms with Gasteiger partial charge in [0.2, 0.25) is 0 Å². The van der Waals surface area contributed by atoms with E-state index in [1.165, 1.54) is 11.3 Å². The van der Waals surface area contributed by atoms with Gasteiger partial charge in [-0.2, -0.15) is 0 Å². The van der Waals surface area contributed by atoms with Crippen molar-refractivity contribution in [2.75, 3.05) is 20.0 Å². The van der Waals surface area contributed by atoms with Gasteiger partial charge in [0.25, 0.3) is 5.56 Å². The number of allylic oxidation sites excluding steroid dienone is 1. The molecule has 0 saturated carbocycles. The molecule has 0 unspecified atom stereocenters. The zero-order valence-corrected chi connectivity index (χ0v) is 23.4. The second-order valence-corrected chi connectivity index (χ2v) is 10.5. The van der Waals surface area contributed by atoms with Gasteiger partial charge in [-0.3, -0.25) is 9.36 Å². The first-order valence-electron chi connectivity index (χ1n) is 12.0. The van der Waals surface area contributed by atoms with Gasteiger partial charge in [0.1, 0.15) is 0 Å². The monoisotopic (exact) mass is 538 g/mol. The highest BCUT2D eigenvalue weighted by atomic mass is 32.2. The molecule has 0 fully saturated rings. The average molecular weight is 539 g/mol. The molecule has 0 aliphatic carbocycles. The summed E-state index contributed by atoms with van der Waals surface area (Å²) in [6, 6.07) is 12.8. The minimum Gasteiger partial charge on any atom is -0.493 e. The van der Waals surface area contributed by atoms with E-state index in [4.69, 9.17) is 14.2 Å². The lowest BCUT2D eigenvalue weighted by atomic mass is 9.96. The van der Waals surface area contributed by atoms with E-state index in [1.807, 2.05) is 61.7 Å². The normalized spacial score (nSPS) is 15.4. The van der Waals surface area contributed by atoms with E-state index in [0.717, 1.165) is 16.0 Å². The molecule has 9 heteroatoms. The van der Waals surface area contributed by atoms with Gasteiger partial charge in [-0.05, 0) is 75.4 Å². The van der Waals surface area contributed by atoms with Gasteiger partial charge in [0.05, 0.1) is 41.7 Å². The number of thioether (sulfide) groups is 1. The highest BCUT2D eigenvalue weighted by Gasteiger charge is 2.33. The molecule has 0 radical (unpaired) electrons. The van der Waals surface area contributed by atoms with Crippen LogP contribution in [0.25, 0.3) is 6.08 Å². The summed E-state index contributed by atoms with van der Waals surface area (Å²) in [5.74, 6) is 0.756. The predicted molar refractivity (Wildman–Crippen MR) is 147 cm³/mol. The zero-order chi connectivity index (χ0) is 26.7. The quantitative estimate of drug-likeness (QED) is 0.314. The van der Waals surface area contributed by atoms with Crippen LogP contribution < -0.4 is 24.4 Å². The van der Waals surface area contributed by atoms with Crippen molar-refractivity contribution >= 4 is 35.1 Å². The molecule has 0 bridgehead atoms. The number of fused-ring (bicyclic) bond motifs is 1. The Labute approximate surface area is 224 Å². The summed E-state index contributed by atoms with van der Waals surface area (Å²) >= 11 is 2.92. The van der Waals surface area contributed by atoms with Crippen molar-refractivity contribution in [2.24, 2.45) is 4.99 Å². The summed E-state index contributed by atoms with van der Waals surface area (Å²) < 4.78 is 18.7. The van der Waals surface area contributed by atoms with Gasteiger partial charge in [-0.1, -0.05) is 29.5 Å². The highest BCUT2D eigenvalue weighted by molar-refractivity contribution is 7.98. The van der Waals surface area contributed by atoms with Crippen LogP contribution >= 0.6 is 23.1 Å². The number of hydrogen-bond acceptors (Lipinski definition) is 8. The van der Waals surface area contributed by atoms with Crippen LogP contribution in [-0.2, 0) is 9.53 Å². The van der Waals surface area contributed by atoms with E-state index in [9.17, 15) is 9.59 Å². The van der Waals surface area contributed by atoms with Gasteiger partial charge >= 0.3 is 5.97 Å². The average Bonchev–Trinajstić information content (AvgIpc) is 3.17. The molecule has 0 saturated heterocycles. The van der Waals surface area contributed by atoms with Gasteiger partial charge in [0.15, 0.2) is 16.3 Å². The van der Waals surface area contributed by atoms with E-state index >= 15 is 0 Å². The number of benzene rings is 2. The summed E-state index contributed by atoms with van der Waals surface area (Å²) in [5.41, 5.74) is 2.30. The molecule has 4 rings (SSSR count). The van der Waals surface area contributed by atoms with Crippen LogP contribution in [-0.4, -0.2) is 36.6 Å². The van der Waals surface area contributed by atoms with E-state index in [1.54, 1.807) is 44.2 Å². The van der Waals surface area contributed by atoms with Gasteiger partial charge in [0, 0.05) is 4.90 Å². The maximum Gasteiger partial charge on any atom is 0.338 e. The molecule has 7 nitrogen and oxygen atoms in total. The Morgan fingerprint density at radius 3 is 2.54 bits per heavy atom. The topological polar surface area (TPSA) is 79.1 Å². The van der Waals surface area contributed by atoms with Crippen molar-refractivity contribution in [3.8, 4) is 11.5 Å². The van der Waals surface area contributed by atoms with Crippen molar-refractivity contribution in [1.29, 1.82) is 0 Å². The molecule has 0 amide bonds. The van der Waals surface area contributed by atoms with Gasteiger partial charge in [-0.15, -0.1) is 11.8 Å². The van der Waals surface area contributed by atoms with Crippen molar-refractivity contribution < 1.29 is 19.0 Å². The molecule has 37 heavy (non-hydrogen) atoms. The van der Waals surface area contributed by atoms with Crippen molar-refractivity contribution in [3.63, 3.8) is 0 Å². The molecule has 2 heterocycles. The van der Waals surface area contributed by atoms with Crippen LogP contribution in [0.1, 0.15) is 44.9 Å². The Balaban J connectivity index is 1.90. The van der Waals surface area contributed by atoms with Crippen LogP contribution in [0.5, 0.6) is 11.5 Å². The van der Waals surface area contributed by atoms with Crippen LogP contribution in [0.4, 0.5) is 0 Å². The Bertz CT molecular complexity index is 1520. The molecule has 1 aliphatic heterocycles. The number of nitrogens with zero attached hydrogens (tertiary/aromatic N) is 2. The first-order valence-corrected chi connectivity index (χ1v) is 14.0. The van der Waals surface area contributed by atoms with E-state index in [0.29, 0.717) is 38.7 Å². The molecule has 1 atom stereocenters. The molecule has 2 aromatic carbocycles. The third-order valence-electron chi connectivity index (χ3n) is 5.80. The second kappa shape index (κ2) is 11.4. The summed E-state index contributed by atoms with van der Waals surface area (Å²) in [6.07, 6.45) is 3.51. The Kier molecular flexibility index (Phi) is 8.24. The largest absolute Gasteiger partial charge is 0.493 e. The maximum atomic E-state index is 13.8. The van der Waals surface area contributed by atoms with Crippen LogP contribution in [0.15, 0.2) is 68.4 Å². The van der Waals surface area contributed by atoms with Crippen LogP contribution in [0, 0.1) is 0 Å². The number of aromatic nitrogens is 1. The summed E-state index contributed by atoms with van der Waals surface area (Å²) in [7, 11) is 1.59. The van der Waals surface area contributed by atoms with E-state index in [2.05, 4.69) is 4.99 Å². The number of esters is 1. The minimum absolute atomic E-state index is 0.223. The molecule has 0 N–H and O–H groups in total. The number of carbonyl (C=O) groups is 1. The smallest absolute Gasteiger partial charge is 0.338 e. The lowest BCUT2D eigenvalue weighted by molar-refractivity contribution is -0.143. The fraction of sp³-hybridized carbons (Fsp3) is 0.321. The fourth-order valence-electron chi connectivity index (χ4n) is 4.16. The van der Waals surface area contributed by atoms with Crippen LogP contribution in [0.3, 0.4) is 0 Å². The number of carbonyl (C=O) groups excluding carboxylic acids is 1. The number of rotatable bonds is 8. The molecule has 3 aromatic rings. The molecule has 0 spiro atoms. The Hall–Kier alpha value is -3.30. The summed E-state index contributed by atoms with van der Waals surface area (Å²) in [5, 5.41) is 0. The highest BCUT2D eigenvalue weighted by Crippen LogP contribution is 2.32. The fourth-order valence-corrected chi connectivity index (χ4v) is 5.62. The number of ether oxygens (including phenoxy) is 3. The van der Waals surface area contributed by atoms with Crippen molar-refractivity contribution in [2.45, 2.75) is 44.7 Å². The van der Waals surface area contributed by atoms with Crippen LogP contribution in [0.2, 0.25) is 0 Å². The van der Waals surface area contributed by atoms with Crippen molar-refractivity contribution in [1.82, 2.24) is 4.57 Å². The molecule has 194 valence electrons. The lowest BCUT2D eigenvalue weighted by Crippen LogP contribution is -2.40. The molecular formula is C28H30N2O5S2. The predicted octanol–water partition coefficient (Wildman–Crippen LogP) is 4.32. The summed E-state index contributed by atoms with van der Waals surface area (Å²) in [4.78, 5) is 33.3. The number of methoxy groups -OCH3 is 1. The SMILES string of the molecule is CCOc1cc(/C=c2\sc3n(c2=O)[C@@H](c2ccc(SC)cc2)C(C(=O)OC(C)C)=C(C)N=3)ccc1OC. The van der Waals surface area contributed by atoms with E-state index in [-0.39, 0.29) is 11.7 Å². The first kappa shape index (κ1) is 26.8. The third kappa shape index (κ3) is 5.52. The molecule has 1 aliphatic rings. The Morgan fingerprint density at radius 2 is 1.92 bits per heavy atom. The molecular weight excluding hydrogens is 508 g/mol. The van der Waals surface area contributed by atoms with Gasteiger partial charge < -0.3 is 14.2 Å². The number of hydrogen-bond donors (Lipinski definition) is 0. The third-order valence-corrected chi connectivity index (χ3v) is 7.53. The summed E-state index contributed by atoms with van der Waals surface area (Å²) in [6.45, 7) is 7.79. The van der Waals surface area contributed by atoms with Crippen molar-refractivity contribution in [3.05, 3.63) is 84.5 Å². The van der Waals surface area contributed by atoms with E-state index < -0.39 is 12.0 Å².